The lowest BCUT2D eigenvalue weighted by Crippen LogP contribution is -2.56. The van der Waals surface area contributed by atoms with Gasteiger partial charge in [-0.1, -0.05) is 24.9 Å². The number of rotatable bonds is 4. The molecule has 1 aliphatic rings. The fourth-order valence-electron chi connectivity index (χ4n) is 2.70. The van der Waals surface area contributed by atoms with E-state index in [0.29, 0.717) is 30.6 Å². The summed E-state index contributed by atoms with van der Waals surface area (Å²) in [6, 6.07) is 0. The molecule has 0 aromatic carbocycles. The van der Waals surface area contributed by atoms with Crippen molar-refractivity contribution in [3.63, 3.8) is 0 Å². The van der Waals surface area contributed by atoms with Crippen LogP contribution >= 0.6 is 0 Å². The molecule has 0 radical (unpaired) electrons. The lowest BCUT2D eigenvalue weighted by Gasteiger charge is -2.35. The average molecular weight is 266 g/mol. The Morgan fingerprint density at radius 2 is 2.42 bits per heavy atom. The van der Waals surface area contributed by atoms with E-state index in [0.717, 1.165) is 25.7 Å². The van der Waals surface area contributed by atoms with E-state index in [2.05, 4.69) is 22.4 Å². The molecular formula is C13H22N4O2. The Bertz CT molecular complexity index is 446. The Balaban J connectivity index is 1.80. The van der Waals surface area contributed by atoms with Crippen molar-refractivity contribution in [2.45, 2.75) is 51.5 Å². The average Bonchev–Trinajstić information content (AvgIpc) is 2.74. The van der Waals surface area contributed by atoms with Gasteiger partial charge in [0.15, 0.2) is 5.82 Å². The molecule has 0 bridgehead atoms. The summed E-state index contributed by atoms with van der Waals surface area (Å²) in [6.45, 7) is 4.40. The van der Waals surface area contributed by atoms with Crippen molar-refractivity contribution in [1.82, 2.24) is 15.5 Å². The number of nitrogens with two attached hydrogens (primary N) is 1. The molecule has 2 atom stereocenters. The summed E-state index contributed by atoms with van der Waals surface area (Å²) >= 11 is 0. The Kier molecular flexibility index (Phi) is 4.19. The van der Waals surface area contributed by atoms with Crippen LogP contribution < -0.4 is 11.1 Å². The molecule has 0 saturated heterocycles. The second-order valence-corrected chi connectivity index (χ2v) is 5.60. The summed E-state index contributed by atoms with van der Waals surface area (Å²) in [5, 5.41) is 6.58. The molecule has 1 amide bonds. The fourth-order valence-corrected chi connectivity index (χ4v) is 2.70. The Hall–Kier alpha value is -1.43. The maximum atomic E-state index is 12.2. The molecule has 6 nitrogen and oxygen atoms in total. The van der Waals surface area contributed by atoms with Gasteiger partial charge in [-0.15, -0.1) is 0 Å². The van der Waals surface area contributed by atoms with Crippen molar-refractivity contribution < 1.29 is 9.32 Å². The normalized spacial score (nSPS) is 27.2. The van der Waals surface area contributed by atoms with Gasteiger partial charge in [0.1, 0.15) is 0 Å². The van der Waals surface area contributed by atoms with E-state index >= 15 is 0 Å². The molecule has 1 aromatic heterocycles. The maximum Gasteiger partial charge on any atom is 0.240 e. The number of hydrogen-bond donors (Lipinski definition) is 2. The molecule has 0 aliphatic heterocycles. The van der Waals surface area contributed by atoms with Crippen LogP contribution in [0.15, 0.2) is 4.52 Å². The second-order valence-electron chi connectivity index (χ2n) is 5.60. The highest BCUT2D eigenvalue weighted by Gasteiger charge is 2.37. The van der Waals surface area contributed by atoms with Crippen LogP contribution in [0.4, 0.5) is 0 Å². The van der Waals surface area contributed by atoms with E-state index in [1.165, 1.54) is 0 Å². The number of nitrogens with zero attached hydrogens (tertiary/aromatic N) is 2. The van der Waals surface area contributed by atoms with Gasteiger partial charge in [-0.05, 0) is 25.7 Å². The highest BCUT2D eigenvalue weighted by Crippen LogP contribution is 2.30. The number of hydrogen-bond acceptors (Lipinski definition) is 5. The van der Waals surface area contributed by atoms with Gasteiger partial charge in [-0.2, -0.15) is 4.98 Å². The van der Waals surface area contributed by atoms with Crippen LogP contribution in [-0.2, 0) is 11.2 Å². The first-order chi connectivity index (χ1) is 8.99. The highest BCUT2D eigenvalue weighted by molar-refractivity contribution is 5.86. The summed E-state index contributed by atoms with van der Waals surface area (Å²) in [4.78, 5) is 16.2. The smallest absolute Gasteiger partial charge is 0.240 e. The quantitative estimate of drug-likeness (QED) is 0.846. The van der Waals surface area contributed by atoms with E-state index in [-0.39, 0.29) is 5.91 Å². The molecule has 6 heteroatoms. The molecule has 106 valence electrons. The maximum absolute atomic E-state index is 12.2. The molecule has 3 N–H and O–H groups in total. The number of aromatic nitrogens is 2. The van der Waals surface area contributed by atoms with Crippen LogP contribution in [-0.4, -0.2) is 28.1 Å². The predicted molar refractivity (Wildman–Crippen MR) is 70.3 cm³/mol. The van der Waals surface area contributed by atoms with Crippen molar-refractivity contribution >= 4 is 5.91 Å². The molecule has 1 saturated carbocycles. The van der Waals surface area contributed by atoms with Crippen molar-refractivity contribution in [2.75, 3.05) is 6.54 Å². The number of carbonyl (C=O) groups is 1. The van der Waals surface area contributed by atoms with Crippen molar-refractivity contribution in [3.8, 4) is 0 Å². The van der Waals surface area contributed by atoms with Crippen molar-refractivity contribution in [3.05, 3.63) is 11.7 Å². The molecule has 1 heterocycles. The van der Waals surface area contributed by atoms with E-state index in [1.54, 1.807) is 6.92 Å². The molecule has 19 heavy (non-hydrogen) atoms. The van der Waals surface area contributed by atoms with Gasteiger partial charge in [-0.25, -0.2) is 0 Å². The zero-order valence-electron chi connectivity index (χ0n) is 11.6. The first kappa shape index (κ1) is 14.0. The summed E-state index contributed by atoms with van der Waals surface area (Å²) in [6.07, 6.45) is 4.25. The van der Waals surface area contributed by atoms with Gasteiger partial charge in [-0.3, -0.25) is 4.79 Å². The zero-order valence-corrected chi connectivity index (χ0v) is 11.6. The lowest BCUT2D eigenvalue weighted by atomic mass is 9.76. The summed E-state index contributed by atoms with van der Waals surface area (Å²) < 4.78 is 4.99. The van der Waals surface area contributed by atoms with E-state index < -0.39 is 5.54 Å². The molecule has 1 fully saturated rings. The van der Waals surface area contributed by atoms with Gasteiger partial charge < -0.3 is 15.6 Å². The number of nitrogens with one attached hydrogen (secondary N) is 1. The second kappa shape index (κ2) is 5.69. The van der Waals surface area contributed by atoms with Gasteiger partial charge in [0.25, 0.3) is 0 Å². The molecule has 1 aromatic rings. The zero-order chi connectivity index (χ0) is 13.9. The number of amides is 1. The summed E-state index contributed by atoms with van der Waals surface area (Å²) in [5.41, 5.74) is 5.51. The van der Waals surface area contributed by atoms with Crippen molar-refractivity contribution in [2.24, 2.45) is 11.7 Å². The number of aryl methyl sites for hydroxylation is 1. The third-order valence-electron chi connectivity index (χ3n) is 3.68. The van der Waals surface area contributed by atoms with Crippen LogP contribution in [0.1, 0.15) is 44.3 Å². The Morgan fingerprint density at radius 1 is 1.63 bits per heavy atom. The van der Waals surface area contributed by atoms with Gasteiger partial charge >= 0.3 is 0 Å². The van der Waals surface area contributed by atoms with E-state index in [4.69, 9.17) is 10.3 Å². The fraction of sp³-hybridized carbons (Fsp3) is 0.769. The SMILES string of the molecule is Cc1noc(CCNC(=O)C2(N)CCCC(C)C2)n1. The minimum Gasteiger partial charge on any atom is -0.354 e. The first-order valence-corrected chi connectivity index (χ1v) is 6.86. The topological polar surface area (TPSA) is 94.0 Å². The molecule has 2 rings (SSSR count). The van der Waals surface area contributed by atoms with Gasteiger partial charge in [0.05, 0.1) is 5.54 Å². The van der Waals surface area contributed by atoms with Gasteiger partial charge in [0.2, 0.25) is 11.8 Å². The van der Waals surface area contributed by atoms with Crippen LogP contribution in [0.3, 0.4) is 0 Å². The largest absolute Gasteiger partial charge is 0.354 e. The standard InChI is InChI=1S/C13H22N4O2/c1-9-4-3-6-13(14,8-9)12(18)15-7-5-11-16-10(2)17-19-11/h9H,3-8,14H2,1-2H3,(H,15,18). The molecule has 2 unspecified atom stereocenters. The van der Waals surface area contributed by atoms with Crippen molar-refractivity contribution in [1.29, 1.82) is 0 Å². The third-order valence-corrected chi connectivity index (χ3v) is 3.68. The molecule has 0 spiro atoms. The predicted octanol–water partition coefficient (Wildman–Crippen LogP) is 0.944. The van der Waals surface area contributed by atoms with Crippen LogP contribution in [0.5, 0.6) is 0 Å². The van der Waals surface area contributed by atoms with E-state index in [9.17, 15) is 4.79 Å². The summed E-state index contributed by atoms with van der Waals surface area (Å²) in [7, 11) is 0. The van der Waals surface area contributed by atoms with Crippen LogP contribution in [0, 0.1) is 12.8 Å². The Labute approximate surface area is 113 Å². The first-order valence-electron chi connectivity index (χ1n) is 6.86. The van der Waals surface area contributed by atoms with E-state index in [1.807, 2.05) is 0 Å². The summed E-state index contributed by atoms with van der Waals surface area (Å²) in [5.74, 6) is 1.61. The van der Waals surface area contributed by atoms with Crippen LogP contribution in [0.2, 0.25) is 0 Å². The Morgan fingerprint density at radius 3 is 3.05 bits per heavy atom. The lowest BCUT2D eigenvalue weighted by molar-refractivity contribution is -0.128. The molecular weight excluding hydrogens is 244 g/mol. The monoisotopic (exact) mass is 266 g/mol. The third kappa shape index (κ3) is 3.53. The highest BCUT2D eigenvalue weighted by atomic mass is 16.5. The minimum atomic E-state index is -0.706. The van der Waals surface area contributed by atoms with Crippen LogP contribution in [0.25, 0.3) is 0 Å². The molecule has 1 aliphatic carbocycles. The number of carbonyl (C=O) groups excluding carboxylic acids is 1. The minimum absolute atomic E-state index is 0.0599. The van der Waals surface area contributed by atoms with Gasteiger partial charge in [0, 0.05) is 13.0 Å².